The summed E-state index contributed by atoms with van der Waals surface area (Å²) in [4.78, 5) is 23.5. The van der Waals surface area contributed by atoms with Crippen LogP contribution in [0.25, 0.3) is 0 Å². The van der Waals surface area contributed by atoms with Crippen molar-refractivity contribution in [3.05, 3.63) is 58.9 Å². The Morgan fingerprint density at radius 2 is 2.00 bits per heavy atom. The Morgan fingerprint density at radius 3 is 2.72 bits per heavy atom. The van der Waals surface area contributed by atoms with Crippen molar-refractivity contribution < 1.29 is 18.7 Å². The standard InChI is InChI=1S/C17H15ClFN3O3/c1-2-25-15-6-4-3-5-11(15)10-20-22-17(24)16(23)21-12-7-8-14(19)13(18)9-12/h3-10H,2H2,1H3,(H,21,23)(H,22,24)/b20-10+. The van der Waals surface area contributed by atoms with Gasteiger partial charge in [0.25, 0.3) is 0 Å². The van der Waals surface area contributed by atoms with Crippen molar-refractivity contribution in [1.29, 1.82) is 0 Å². The van der Waals surface area contributed by atoms with E-state index in [4.69, 9.17) is 16.3 Å². The van der Waals surface area contributed by atoms with Gasteiger partial charge in [-0.25, -0.2) is 9.82 Å². The van der Waals surface area contributed by atoms with Crippen LogP contribution < -0.4 is 15.5 Å². The van der Waals surface area contributed by atoms with Gasteiger partial charge in [-0.1, -0.05) is 23.7 Å². The molecule has 0 spiro atoms. The lowest BCUT2D eigenvalue weighted by Crippen LogP contribution is -2.32. The van der Waals surface area contributed by atoms with Gasteiger partial charge in [-0.3, -0.25) is 9.59 Å². The molecule has 0 atom stereocenters. The predicted octanol–water partition coefficient (Wildman–Crippen LogP) is 2.97. The van der Waals surface area contributed by atoms with Crippen LogP contribution in [0.3, 0.4) is 0 Å². The smallest absolute Gasteiger partial charge is 0.329 e. The lowest BCUT2D eigenvalue weighted by Gasteiger charge is -2.06. The second kappa shape index (κ2) is 8.79. The maximum Gasteiger partial charge on any atom is 0.329 e. The number of carbonyl (C=O) groups excluding carboxylic acids is 2. The summed E-state index contributed by atoms with van der Waals surface area (Å²) in [7, 11) is 0. The topological polar surface area (TPSA) is 79.8 Å². The van der Waals surface area contributed by atoms with Gasteiger partial charge < -0.3 is 10.1 Å². The molecule has 0 aromatic heterocycles. The largest absolute Gasteiger partial charge is 0.493 e. The molecule has 25 heavy (non-hydrogen) atoms. The molecule has 2 N–H and O–H groups in total. The maximum absolute atomic E-state index is 13.1. The van der Waals surface area contributed by atoms with Gasteiger partial charge in [-0.15, -0.1) is 0 Å². The second-order valence-corrected chi connectivity index (χ2v) is 5.16. The molecule has 0 heterocycles. The molecule has 0 aliphatic rings. The normalized spacial score (nSPS) is 10.5. The Balaban J connectivity index is 1.95. The lowest BCUT2D eigenvalue weighted by molar-refractivity contribution is -0.136. The number of hydrazone groups is 1. The van der Waals surface area contributed by atoms with Crippen LogP contribution in [-0.2, 0) is 9.59 Å². The van der Waals surface area contributed by atoms with E-state index in [1.165, 1.54) is 18.3 Å². The number of benzene rings is 2. The van der Waals surface area contributed by atoms with E-state index in [1.807, 2.05) is 13.0 Å². The van der Waals surface area contributed by atoms with E-state index in [9.17, 15) is 14.0 Å². The van der Waals surface area contributed by atoms with E-state index in [0.29, 0.717) is 17.9 Å². The SMILES string of the molecule is CCOc1ccccc1/C=N/NC(=O)C(=O)Nc1ccc(F)c(Cl)c1. The molecule has 6 nitrogen and oxygen atoms in total. The first-order chi connectivity index (χ1) is 12.0. The summed E-state index contributed by atoms with van der Waals surface area (Å²) in [6, 6.07) is 10.7. The van der Waals surface area contributed by atoms with Gasteiger partial charge in [0.05, 0.1) is 17.8 Å². The second-order valence-electron chi connectivity index (χ2n) is 4.75. The molecule has 0 aliphatic carbocycles. The zero-order chi connectivity index (χ0) is 18.2. The highest BCUT2D eigenvalue weighted by molar-refractivity contribution is 6.39. The maximum atomic E-state index is 13.1. The number of anilines is 1. The first-order valence-corrected chi connectivity index (χ1v) is 7.70. The zero-order valence-corrected chi connectivity index (χ0v) is 14.0. The first kappa shape index (κ1) is 18.4. The van der Waals surface area contributed by atoms with Crippen LogP contribution in [0.4, 0.5) is 10.1 Å². The Hall–Kier alpha value is -2.93. The van der Waals surface area contributed by atoms with E-state index >= 15 is 0 Å². The average molecular weight is 364 g/mol. The molecule has 0 radical (unpaired) electrons. The summed E-state index contributed by atoms with van der Waals surface area (Å²) in [5.41, 5.74) is 2.94. The van der Waals surface area contributed by atoms with Crippen LogP contribution in [0.2, 0.25) is 5.02 Å². The highest BCUT2D eigenvalue weighted by Gasteiger charge is 2.13. The van der Waals surface area contributed by atoms with Gasteiger partial charge in [0.2, 0.25) is 0 Å². The lowest BCUT2D eigenvalue weighted by atomic mass is 10.2. The summed E-state index contributed by atoms with van der Waals surface area (Å²) < 4.78 is 18.5. The summed E-state index contributed by atoms with van der Waals surface area (Å²) >= 11 is 5.61. The van der Waals surface area contributed by atoms with Crippen LogP contribution in [0.1, 0.15) is 12.5 Å². The molecule has 0 unspecified atom stereocenters. The van der Waals surface area contributed by atoms with E-state index < -0.39 is 17.6 Å². The molecule has 2 rings (SSSR count). The van der Waals surface area contributed by atoms with Crippen LogP contribution in [0.5, 0.6) is 5.75 Å². The van der Waals surface area contributed by atoms with Crippen molar-refractivity contribution in [2.45, 2.75) is 6.92 Å². The van der Waals surface area contributed by atoms with Crippen molar-refractivity contribution in [3.63, 3.8) is 0 Å². The van der Waals surface area contributed by atoms with E-state index in [2.05, 4.69) is 15.8 Å². The molecule has 130 valence electrons. The highest BCUT2D eigenvalue weighted by Crippen LogP contribution is 2.19. The Morgan fingerprint density at radius 1 is 1.24 bits per heavy atom. The van der Waals surface area contributed by atoms with Gasteiger partial charge >= 0.3 is 11.8 Å². The zero-order valence-electron chi connectivity index (χ0n) is 13.3. The Kier molecular flexibility index (Phi) is 6.47. The van der Waals surface area contributed by atoms with Gasteiger partial charge in [0, 0.05) is 11.3 Å². The summed E-state index contributed by atoms with van der Waals surface area (Å²) in [6.45, 7) is 2.33. The van der Waals surface area contributed by atoms with Gasteiger partial charge in [-0.05, 0) is 37.3 Å². The minimum atomic E-state index is -0.981. The average Bonchev–Trinajstić information content (AvgIpc) is 2.59. The van der Waals surface area contributed by atoms with Crippen molar-refractivity contribution in [2.75, 3.05) is 11.9 Å². The third-order valence-electron chi connectivity index (χ3n) is 2.97. The van der Waals surface area contributed by atoms with Crippen LogP contribution in [0.15, 0.2) is 47.6 Å². The molecule has 2 amide bonds. The number of ether oxygens (including phenoxy) is 1. The van der Waals surface area contributed by atoms with E-state index in [1.54, 1.807) is 18.2 Å². The number of hydrogen-bond donors (Lipinski definition) is 2. The molecule has 0 aliphatic heterocycles. The van der Waals surface area contributed by atoms with Crippen LogP contribution >= 0.6 is 11.6 Å². The van der Waals surface area contributed by atoms with E-state index in [-0.39, 0.29) is 10.7 Å². The molecule has 0 bridgehead atoms. The van der Waals surface area contributed by atoms with Gasteiger partial charge in [0.15, 0.2) is 0 Å². The summed E-state index contributed by atoms with van der Waals surface area (Å²) in [6.07, 6.45) is 1.37. The number of rotatable bonds is 5. The molecule has 2 aromatic carbocycles. The minimum absolute atomic E-state index is 0.163. The van der Waals surface area contributed by atoms with Crippen molar-refractivity contribution >= 4 is 35.3 Å². The Labute approximate surface area is 148 Å². The third-order valence-corrected chi connectivity index (χ3v) is 3.26. The molecule has 2 aromatic rings. The number of amides is 2. The minimum Gasteiger partial charge on any atom is -0.493 e. The van der Waals surface area contributed by atoms with E-state index in [0.717, 1.165) is 6.07 Å². The number of halogens is 2. The number of carbonyl (C=O) groups is 2. The molecule has 0 saturated heterocycles. The monoisotopic (exact) mass is 363 g/mol. The van der Waals surface area contributed by atoms with Crippen molar-refractivity contribution in [2.24, 2.45) is 5.10 Å². The predicted molar refractivity (Wildman–Crippen MR) is 93.4 cm³/mol. The highest BCUT2D eigenvalue weighted by atomic mass is 35.5. The fourth-order valence-corrected chi connectivity index (χ4v) is 2.03. The molecule has 0 saturated carbocycles. The Bertz CT molecular complexity index is 811. The van der Waals surface area contributed by atoms with Gasteiger partial charge in [-0.2, -0.15) is 5.10 Å². The number of nitrogens with one attached hydrogen (secondary N) is 2. The fourth-order valence-electron chi connectivity index (χ4n) is 1.85. The molecule has 8 heteroatoms. The van der Waals surface area contributed by atoms with Gasteiger partial charge in [0.1, 0.15) is 11.6 Å². The number of hydrogen-bond acceptors (Lipinski definition) is 4. The molecular weight excluding hydrogens is 349 g/mol. The first-order valence-electron chi connectivity index (χ1n) is 7.32. The van der Waals surface area contributed by atoms with Crippen LogP contribution in [-0.4, -0.2) is 24.6 Å². The summed E-state index contributed by atoms with van der Waals surface area (Å²) in [5.74, 6) is -1.96. The fraction of sp³-hybridized carbons (Fsp3) is 0.118. The number of para-hydroxylation sites is 1. The van der Waals surface area contributed by atoms with Crippen molar-refractivity contribution in [3.8, 4) is 5.75 Å². The number of nitrogens with zero attached hydrogens (tertiary/aromatic N) is 1. The molecule has 0 fully saturated rings. The summed E-state index contributed by atoms with van der Waals surface area (Å²) in [5, 5.41) is 5.85. The molecular formula is C17H15ClFN3O3. The van der Waals surface area contributed by atoms with Crippen molar-refractivity contribution in [1.82, 2.24) is 5.43 Å². The quantitative estimate of drug-likeness (QED) is 0.487. The van der Waals surface area contributed by atoms with Crippen LogP contribution in [0, 0.1) is 5.82 Å². The third kappa shape index (κ3) is 5.29.